The molecule has 1 amide bonds. The third kappa shape index (κ3) is 3.96. The zero-order valence-corrected chi connectivity index (χ0v) is 15.9. The van der Waals surface area contributed by atoms with Crippen molar-refractivity contribution in [1.82, 2.24) is 0 Å². The largest absolute Gasteiger partial charge is 0.491 e. The van der Waals surface area contributed by atoms with Crippen LogP contribution in [0.5, 0.6) is 5.75 Å². The van der Waals surface area contributed by atoms with Crippen LogP contribution in [0.2, 0.25) is 0 Å². The summed E-state index contributed by atoms with van der Waals surface area (Å²) in [6.45, 7) is 2.20. The Labute approximate surface area is 154 Å². The van der Waals surface area contributed by atoms with Gasteiger partial charge < -0.3 is 10.1 Å². The van der Waals surface area contributed by atoms with Crippen LogP contribution in [0.25, 0.3) is 0 Å². The molecule has 25 heavy (non-hydrogen) atoms. The molecule has 0 atom stereocenters. The number of halogens is 1. The first-order chi connectivity index (χ1) is 11.9. The Kier molecular flexibility index (Phi) is 5.01. The lowest BCUT2D eigenvalue weighted by Crippen LogP contribution is -2.14. The van der Waals surface area contributed by atoms with Crippen molar-refractivity contribution in [3.05, 3.63) is 46.4 Å². The van der Waals surface area contributed by atoms with Gasteiger partial charge in [-0.1, -0.05) is 19.1 Å². The number of rotatable bonds is 4. The zero-order valence-electron chi connectivity index (χ0n) is 13.5. The molecule has 0 unspecified atom stereocenters. The molecule has 1 heterocycles. The molecule has 0 saturated carbocycles. The molecule has 132 valence electrons. The minimum absolute atomic E-state index is 0.0456. The van der Waals surface area contributed by atoms with Crippen molar-refractivity contribution in [2.24, 2.45) is 0 Å². The van der Waals surface area contributed by atoms with Gasteiger partial charge in [-0.2, -0.15) is 0 Å². The highest BCUT2D eigenvalue weighted by molar-refractivity contribution is 9.10. The molecule has 1 aliphatic heterocycles. The fraction of sp³-hybridized carbons (Fsp3) is 0.235. The molecule has 1 aliphatic rings. The van der Waals surface area contributed by atoms with Crippen molar-refractivity contribution in [2.75, 3.05) is 16.6 Å². The predicted octanol–water partition coefficient (Wildman–Crippen LogP) is 3.53. The zero-order chi connectivity index (χ0) is 18.0. The molecule has 0 aliphatic carbocycles. The van der Waals surface area contributed by atoms with Crippen LogP contribution >= 0.6 is 15.9 Å². The smallest absolute Gasteiger partial charge is 0.263 e. The molecule has 0 bridgehead atoms. The van der Waals surface area contributed by atoms with Crippen LogP contribution in [-0.2, 0) is 21.2 Å². The van der Waals surface area contributed by atoms with E-state index in [0.717, 1.165) is 12.0 Å². The van der Waals surface area contributed by atoms with Crippen LogP contribution in [0.3, 0.4) is 0 Å². The second-order valence-electron chi connectivity index (χ2n) is 5.58. The molecule has 0 aromatic heterocycles. The highest BCUT2D eigenvalue weighted by Gasteiger charge is 2.23. The lowest BCUT2D eigenvalue weighted by atomic mass is 10.1. The Hall–Kier alpha value is -2.06. The van der Waals surface area contributed by atoms with Crippen molar-refractivity contribution in [3.8, 4) is 5.75 Å². The normalized spacial score (nSPS) is 14.1. The van der Waals surface area contributed by atoms with Crippen molar-refractivity contribution >= 4 is 43.2 Å². The van der Waals surface area contributed by atoms with Gasteiger partial charge in [0, 0.05) is 16.2 Å². The van der Waals surface area contributed by atoms with Gasteiger partial charge in [-0.05, 0) is 46.1 Å². The van der Waals surface area contributed by atoms with Gasteiger partial charge in [-0.25, -0.2) is 8.42 Å². The maximum absolute atomic E-state index is 12.8. The Morgan fingerprint density at radius 1 is 1.28 bits per heavy atom. The number of carbonyl (C=O) groups excluding carboxylic acids is 1. The number of carbonyl (C=O) groups is 1. The van der Waals surface area contributed by atoms with Crippen LogP contribution in [0.4, 0.5) is 11.4 Å². The van der Waals surface area contributed by atoms with Crippen molar-refractivity contribution in [3.63, 3.8) is 0 Å². The number of aryl methyl sites for hydroxylation is 1. The molecule has 8 heteroatoms. The predicted molar refractivity (Wildman–Crippen MR) is 99.5 cm³/mol. The maximum atomic E-state index is 12.8. The number of benzene rings is 2. The molecular weight excluding hydrogens is 408 g/mol. The summed E-state index contributed by atoms with van der Waals surface area (Å²) in [5.41, 5.74) is 1.98. The van der Waals surface area contributed by atoms with E-state index in [0.29, 0.717) is 21.6 Å². The number of anilines is 2. The number of ether oxygens (including phenoxy) is 1. The van der Waals surface area contributed by atoms with Gasteiger partial charge in [0.05, 0.1) is 18.7 Å². The molecule has 2 aromatic rings. The van der Waals surface area contributed by atoms with Crippen LogP contribution in [0.15, 0.2) is 45.8 Å². The van der Waals surface area contributed by atoms with E-state index in [-0.39, 0.29) is 23.8 Å². The van der Waals surface area contributed by atoms with Gasteiger partial charge in [-0.3, -0.25) is 9.52 Å². The van der Waals surface area contributed by atoms with Gasteiger partial charge in [0.2, 0.25) is 5.91 Å². The third-order valence-electron chi connectivity index (χ3n) is 3.77. The van der Waals surface area contributed by atoms with Gasteiger partial charge in [0.1, 0.15) is 10.6 Å². The van der Waals surface area contributed by atoms with E-state index in [1.165, 1.54) is 12.1 Å². The van der Waals surface area contributed by atoms with Gasteiger partial charge in [0.15, 0.2) is 0 Å². The van der Waals surface area contributed by atoms with Gasteiger partial charge in [-0.15, -0.1) is 0 Å². The minimum Gasteiger partial charge on any atom is -0.491 e. The average molecular weight is 425 g/mol. The van der Waals surface area contributed by atoms with E-state index in [4.69, 9.17) is 4.74 Å². The monoisotopic (exact) mass is 424 g/mol. The van der Waals surface area contributed by atoms with E-state index in [1.54, 1.807) is 18.2 Å². The number of hydrogen-bond acceptors (Lipinski definition) is 4. The molecule has 0 fully saturated rings. The summed E-state index contributed by atoms with van der Waals surface area (Å²) in [5.74, 6) is 0.160. The molecule has 6 nitrogen and oxygen atoms in total. The summed E-state index contributed by atoms with van der Waals surface area (Å²) in [7, 11) is -3.82. The first-order valence-corrected chi connectivity index (χ1v) is 10.0. The summed E-state index contributed by atoms with van der Waals surface area (Å²) < 4.78 is 34.0. The van der Waals surface area contributed by atoms with Crippen LogP contribution in [-0.4, -0.2) is 20.9 Å². The second-order valence-corrected chi connectivity index (χ2v) is 8.09. The van der Waals surface area contributed by atoms with E-state index in [1.807, 2.05) is 13.0 Å². The Balaban J connectivity index is 1.97. The fourth-order valence-corrected chi connectivity index (χ4v) is 4.60. The van der Waals surface area contributed by atoms with E-state index < -0.39 is 10.0 Å². The molecule has 0 saturated heterocycles. The highest BCUT2D eigenvalue weighted by Crippen LogP contribution is 2.36. The fourth-order valence-electron chi connectivity index (χ4n) is 2.49. The number of hydrogen-bond donors (Lipinski definition) is 2. The average Bonchev–Trinajstić information content (AvgIpc) is 2.73. The van der Waals surface area contributed by atoms with Crippen LogP contribution < -0.4 is 14.8 Å². The number of nitrogens with one attached hydrogen (secondary N) is 2. The maximum Gasteiger partial charge on any atom is 0.263 e. The summed E-state index contributed by atoms with van der Waals surface area (Å²) in [4.78, 5) is 11.6. The number of amides is 1. The Morgan fingerprint density at radius 3 is 2.84 bits per heavy atom. The summed E-state index contributed by atoms with van der Waals surface area (Å²) >= 11 is 3.27. The highest BCUT2D eigenvalue weighted by atomic mass is 79.9. The van der Waals surface area contributed by atoms with Crippen LogP contribution in [0.1, 0.15) is 18.9 Å². The topological polar surface area (TPSA) is 84.5 Å². The lowest BCUT2D eigenvalue weighted by Gasteiger charge is -2.14. The second kappa shape index (κ2) is 7.05. The van der Waals surface area contributed by atoms with Crippen molar-refractivity contribution < 1.29 is 17.9 Å². The van der Waals surface area contributed by atoms with Gasteiger partial charge >= 0.3 is 0 Å². The summed E-state index contributed by atoms with van der Waals surface area (Å²) in [6, 6.07) is 10.2. The molecule has 2 N–H and O–H groups in total. The minimum atomic E-state index is -3.82. The molecular formula is C17H17BrN2O4S. The first kappa shape index (κ1) is 17.8. The number of sulfonamides is 1. The standard InChI is InChI=1S/C17H17BrN2O4S/c1-2-11-4-3-5-12(8-11)20-25(22,23)16-10-15-14(9-13(16)18)19-17(21)6-7-24-15/h3-5,8-10,20H,2,6-7H2,1H3,(H,19,21). The van der Waals surface area contributed by atoms with E-state index >= 15 is 0 Å². The van der Waals surface area contributed by atoms with Crippen molar-refractivity contribution in [1.29, 1.82) is 0 Å². The summed E-state index contributed by atoms with van der Waals surface area (Å²) in [6.07, 6.45) is 1.03. The third-order valence-corrected chi connectivity index (χ3v) is 6.11. The number of fused-ring (bicyclic) bond motifs is 1. The van der Waals surface area contributed by atoms with E-state index in [9.17, 15) is 13.2 Å². The molecule has 0 radical (unpaired) electrons. The van der Waals surface area contributed by atoms with E-state index in [2.05, 4.69) is 26.0 Å². The Bertz CT molecular complexity index is 928. The van der Waals surface area contributed by atoms with Crippen LogP contribution in [0, 0.1) is 0 Å². The summed E-state index contributed by atoms with van der Waals surface area (Å²) in [5, 5.41) is 2.70. The quantitative estimate of drug-likeness (QED) is 0.785. The SMILES string of the molecule is CCc1cccc(NS(=O)(=O)c2cc3c(cc2Br)NC(=O)CCO3)c1. The lowest BCUT2D eigenvalue weighted by molar-refractivity contribution is -0.116. The molecule has 0 spiro atoms. The molecule has 3 rings (SSSR count). The van der Waals surface area contributed by atoms with Gasteiger partial charge in [0.25, 0.3) is 10.0 Å². The Morgan fingerprint density at radius 2 is 2.08 bits per heavy atom. The van der Waals surface area contributed by atoms with Crippen molar-refractivity contribution in [2.45, 2.75) is 24.7 Å². The molecule has 2 aromatic carbocycles. The first-order valence-electron chi connectivity index (χ1n) is 7.77.